The van der Waals surface area contributed by atoms with Gasteiger partial charge < -0.3 is 5.11 Å². The minimum Gasteiger partial charge on any atom is -0.392 e. The lowest BCUT2D eigenvalue weighted by atomic mass is 9.86. The average molecular weight is 252 g/mol. The molecule has 0 aromatic heterocycles. The van der Waals surface area contributed by atoms with Crippen molar-refractivity contribution < 1.29 is 31.4 Å². The van der Waals surface area contributed by atoms with Crippen molar-refractivity contribution in [3.05, 3.63) is 0 Å². The standard InChI is InChI=1S/C9H14F6O/c1-3-5(4-2)6(16)7(8(10,11)12)9(13,14)15/h5-7,16H,3-4H2,1-2H3. The van der Waals surface area contributed by atoms with Crippen molar-refractivity contribution in [1.82, 2.24) is 0 Å². The van der Waals surface area contributed by atoms with Crippen LogP contribution >= 0.6 is 0 Å². The zero-order valence-corrected chi connectivity index (χ0v) is 8.86. The van der Waals surface area contributed by atoms with Crippen LogP contribution in [0.2, 0.25) is 0 Å². The van der Waals surface area contributed by atoms with E-state index >= 15 is 0 Å². The Morgan fingerprint density at radius 2 is 1.19 bits per heavy atom. The summed E-state index contributed by atoms with van der Waals surface area (Å²) in [5.41, 5.74) is 0. The second-order valence-electron chi connectivity index (χ2n) is 3.63. The van der Waals surface area contributed by atoms with Crippen molar-refractivity contribution in [3.8, 4) is 0 Å². The summed E-state index contributed by atoms with van der Waals surface area (Å²) in [7, 11) is 0. The van der Waals surface area contributed by atoms with Gasteiger partial charge in [0.05, 0.1) is 6.10 Å². The smallest absolute Gasteiger partial charge is 0.392 e. The predicted octanol–water partition coefficient (Wildman–Crippen LogP) is 3.52. The summed E-state index contributed by atoms with van der Waals surface area (Å²) in [5.74, 6) is -4.67. The Balaban J connectivity index is 5.06. The van der Waals surface area contributed by atoms with Gasteiger partial charge in [-0.2, -0.15) is 26.3 Å². The van der Waals surface area contributed by atoms with Crippen molar-refractivity contribution in [2.45, 2.75) is 45.1 Å². The number of aliphatic hydroxyl groups is 1. The fraction of sp³-hybridized carbons (Fsp3) is 1.00. The van der Waals surface area contributed by atoms with Crippen LogP contribution in [0.5, 0.6) is 0 Å². The predicted molar refractivity (Wildman–Crippen MR) is 45.7 cm³/mol. The number of hydrogen-bond donors (Lipinski definition) is 1. The second-order valence-corrected chi connectivity index (χ2v) is 3.63. The third-order valence-corrected chi connectivity index (χ3v) is 2.58. The van der Waals surface area contributed by atoms with Crippen molar-refractivity contribution in [2.24, 2.45) is 11.8 Å². The molecule has 0 saturated carbocycles. The van der Waals surface area contributed by atoms with Crippen molar-refractivity contribution in [1.29, 1.82) is 0 Å². The molecule has 0 fully saturated rings. The third kappa shape index (κ3) is 3.84. The number of aliphatic hydroxyl groups excluding tert-OH is 1. The van der Waals surface area contributed by atoms with E-state index < -0.39 is 30.3 Å². The number of hydrogen-bond acceptors (Lipinski definition) is 1. The Hall–Kier alpha value is -0.460. The zero-order chi connectivity index (χ0) is 13.1. The topological polar surface area (TPSA) is 20.2 Å². The first-order valence-electron chi connectivity index (χ1n) is 4.87. The minimum absolute atomic E-state index is 0.0698. The molecule has 0 aromatic rings. The highest BCUT2D eigenvalue weighted by molar-refractivity contribution is 4.85. The highest BCUT2D eigenvalue weighted by atomic mass is 19.4. The van der Waals surface area contributed by atoms with Gasteiger partial charge in [0, 0.05) is 0 Å². The molecule has 1 N–H and O–H groups in total. The molecule has 0 heterocycles. The number of halogens is 6. The van der Waals surface area contributed by atoms with E-state index in [2.05, 4.69) is 0 Å². The van der Waals surface area contributed by atoms with E-state index in [1.54, 1.807) is 0 Å². The molecule has 1 atom stereocenters. The van der Waals surface area contributed by atoms with Gasteiger partial charge in [-0.05, 0) is 5.92 Å². The van der Waals surface area contributed by atoms with Crippen LogP contribution in [0.1, 0.15) is 26.7 Å². The Labute approximate surface area is 89.4 Å². The molecule has 0 aliphatic heterocycles. The Morgan fingerprint density at radius 1 is 0.875 bits per heavy atom. The third-order valence-electron chi connectivity index (χ3n) is 2.58. The van der Waals surface area contributed by atoms with Crippen LogP contribution in [0, 0.1) is 11.8 Å². The minimum atomic E-state index is -5.47. The quantitative estimate of drug-likeness (QED) is 0.759. The van der Waals surface area contributed by atoms with Crippen LogP contribution < -0.4 is 0 Å². The van der Waals surface area contributed by atoms with Crippen LogP contribution in [0.15, 0.2) is 0 Å². The van der Waals surface area contributed by atoms with Crippen LogP contribution in [0.4, 0.5) is 26.3 Å². The van der Waals surface area contributed by atoms with Crippen molar-refractivity contribution in [3.63, 3.8) is 0 Å². The summed E-state index contributed by atoms with van der Waals surface area (Å²) >= 11 is 0. The first kappa shape index (κ1) is 15.5. The van der Waals surface area contributed by atoms with E-state index in [0.29, 0.717) is 0 Å². The second kappa shape index (κ2) is 5.25. The fourth-order valence-corrected chi connectivity index (χ4v) is 1.62. The molecular formula is C9H14F6O. The molecule has 0 amide bonds. The summed E-state index contributed by atoms with van der Waals surface area (Å²) in [6.45, 7) is 2.89. The SMILES string of the molecule is CCC(CC)C(O)C(C(F)(F)F)C(F)(F)F. The van der Waals surface area contributed by atoms with E-state index in [4.69, 9.17) is 0 Å². The largest absolute Gasteiger partial charge is 0.403 e. The zero-order valence-electron chi connectivity index (χ0n) is 8.86. The molecule has 1 nitrogen and oxygen atoms in total. The molecule has 0 aliphatic carbocycles. The van der Waals surface area contributed by atoms with E-state index in [1.165, 1.54) is 13.8 Å². The van der Waals surface area contributed by atoms with Crippen molar-refractivity contribution in [2.75, 3.05) is 0 Å². The van der Waals surface area contributed by atoms with Gasteiger partial charge in [-0.25, -0.2) is 0 Å². The molecule has 0 saturated heterocycles. The Bertz CT molecular complexity index is 191. The van der Waals surface area contributed by atoms with Crippen LogP contribution in [-0.4, -0.2) is 23.6 Å². The van der Waals surface area contributed by atoms with Gasteiger partial charge in [0.25, 0.3) is 0 Å². The van der Waals surface area contributed by atoms with Gasteiger partial charge in [0.15, 0.2) is 5.92 Å². The fourth-order valence-electron chi connectivity index (χ4n) is 1.62. The maximum atomic E-state index is 12.2. The monoisotopic (exact) mass is 252 g/mol. The molecule has 98 valence electrons. The molecule has 1 unspecified atom stereocenters. The molecule has 0 radical (unpaired) electrons. The van der Waals surface area contributed by atoms with Gasteiger partial charge in [-0.1, -0.05) is 26.7 Å². The first-order valence-corrected chi connectivity index (χ1v) is 4.87. The lowest BCUT2D eigenvalue weighted by Gasteiger charge is -2.31. The van der Waals surface area contributed by atoms with Gasteiger partial charge in [-0.3, -0.25) is 0 Å². The summed E-state index contributed by atoms with van der Waals surface area (Å²) < 4.78 is 73.3. The van der Waals surface area contributed by atoms with Crippen molar-refractivity contribution >= 4 is 0 Å². The lowest BCUT2D eigenvalue weighted by molar-refractivity contribution is -0.311. The molecule has 0 rings (SSSR count). The molecule has 0 spiro atoms. The van der Waals surface area contributed by atoms with E-state index in [0.717, 1.165) is 0 Å². The summed E-state index contributed by atoms with van der Waals surface area (Å²) in [4.78, 5) is 0. The van der Waals surface area contributed by atoms with Crippen LogP contribution in [-0.2, 0) is 0 Å². The summed E-state index contributed by atoms with van der Waals surface area (Å²) in [6.07, 6.45) is -13.2. The highest BCUT2D eigenvalue weighted by Gasteiger charge is 2.60. The van der Waals surface area contributed by atoms with Gasteiger partial charge >= 0.3 is 12.4 Å². The molecule has 0 bridgehead atoms. The van der Waals surface area contributed by atoms with Gasteiger partial charge in [-0.15, -0.1) is 0 Å². The molecule has 0 aliphatic rings. The van der Waals surface area contributed by atoms with Crippen LogP contribution in [0.25, 0.3) is 0 Å². The van der Waals surface area contributed by atoms with Crippen LogP contribution in [0.3, 0.4) is 0 Å². The van der Waals surface area contributed by atoms with Gasteiger partial charge in [0.2, 0.25) is 0 Å². The molecular weight excluding hydrogens is 238 g/mol. The maximum Gasteiger partial charge on any atom is 0.403 e. The molecule has 16 heavy (non-hydrogen) atoms. The number of rotatable bonds is 4. The summed E-state index contributed by atoms with van der Waals surface area (Å²) in [5, 5.41) is 9.20. The maximum absolute atomic E-state index is 12.2. The summed E-state index contributed by atoms with van der Waals surface area (Å²) in [6, 6.07) is 0. The molecule has 7 heteroatoms. The van der Waals surface area contributed by atoms with E-state index in [9.17, 15) is 31.4 Å². The van der Waals surface area contributed by atoms with Gasteiger partial charge in [0.1, 0.15) is 0 Å². The number of alkyl halides is 6. The average Bonchev–Trinajstić information content (AvgIpc) is 2.00. The Kier molecular flexibility index (Phi) is 5.10. The first-order chi connectivity index (χ1) is 7.05. The highest BCUT2D eigenvalue weighted by Crippen LogP contribution is 2.43. The lowest BCUT2D eigenvalue weighted by Crippen LogP contribution is -2.47. The van der Waals surface area contributed by atoms with E-state index in [-0.39, 0.29) is 12.8 Å². The molecule has 0 aromatic carbocycles. The Morgan fingerprint density at radius 3 is 1.38 bits per heavy atom. The van der Waals surface area contributed by atoms with E-state index in [1.807, 2.05) is 0 Å². The normalized spacial score (nSPS) is 15.9.